The molecule has 2 rings (SSSR count). The number of benzene rings is 1. The van der Waals surface area contributed by atoms with E-state index in [4.69, 9.17) is 4.74 Å². The van der Waals surface area contributed by atoms with Gasteiger partial charge in [0.05, 0.1) is 4.92 Å². The Bertz CT molecular complexity index is 828. The third kappa shape index (κ3) is 4.42. The summed E-state index contributed by atoms with van der Waals surface area (Å²) in [6.07, 6.45) is 0.821. The van der Waals surface area contributed by atoms with Crippen molar-refractivity contribution in [3.63, 3.8) is 0 Å². The van der Waals surface area contributed by atoms with E-state index >= 15 is 0 Å². The van der Waals surface area contributed by atoms with Crippen LogP contribution in [0.15, 0.2) is 24.3 Å². The normalized spacial score (nSPS) is 10.4. The molecule has 0 aliphatic rings. The van der Waals surface area contributed by atoms with Gasteiger partial charge in [-0.1, -0.05) is 19.1 Å². The maximum atomic E-state index is 12.0. The van der Waals surface area contributed by atoms with Crippen molar-refractivity contribution in [2.45, 2.75) is 27.2 Å². The van der Waals surface area contributed by atoms with Gasteiger partial charge in [0.2, 0.25) is 0 Å². The molecule has 0 saturated heterocycles. The average Bonchev–Trinajstić information content (AvgIpc) is 2.95. The number of nitro groups is 1. The number of nitro benzene ring substituents is 1. The summed E-state index contributed by atoms with van der Waals surface area (Å²) in [5.41, 5.74) is 1.46. The van der Waals surface area contributed by atoms with Crippen LogP contribution in [0.3, 0.4) is 0 Å². The molecule has 1 amide bonds. The highest BCUT2D eigenvalue weighted by atomic mass is 32.1. The van der Waals surface area contributed by atoms with Crippen LogP contribution in [0.1, 0.15) is 32.6 Å². The second-order valence-electron chi connectivity index (χ2n) is 5.42. The highest BCUT2D eigenvalue weighted by Crippen LogP contribution is 2.27. The molecule has 132 valence electrons. The number of carbonyl (C=O) groups is 2. The first-order chi connectivity index (χ1) is 11.8. The van der Waals surface area contributed by atoms with Gasteiger partial charge in [0.1, 0.15) is 10.6 Å². The third-order valence-corrected chi connectivity index (χ3v) is 4.95. The zero-order valence-electron chi connectivity index (χ0n) is 14.1. The van der Waals surface area contributed by atoms with Crippen LogP contribution in [0.4, 0.5) is 11.4 Å². The summed E-state index contributed by atoms with van der Waals surface area (Å²) in [4.78, 5) is 36.0. The molecule has 0 atom stereocenters. The summed E-state index contributed by atoms with van der Waals surface area (Å²) in [6, 6.07) is 6.22. The van der Waals surface area contributed by atoms with E-state index in [-0.39, 0.29) is 11.4 Å². The minimum Gasteiger partial charge on any atom is -0.451 e. The molecule has 0 spiro atoms. The van der Waals surface area contributed by atoms with Crippen molar-refractivity contribution in [2.24, 2.45) is 0 Å². The minimum atomic E-state index is -0.630. The quantitative estimate of drug-likeness (QED) is 0.481. The van der Waals surface area contributed by atoms with Crippen molar-refractivity contribution in [2.75, 3.05) is 11.9 Å². The van der Waals surface area contributed by atoms with Crippen LogP contribution in [0, 0.1) is 24.0 Å². The molecule has 7 nitrogen and oxygen atoms in total. The van der Waals surface area contributed by atoms with Crippen LogP contribution < -0.4 is 5.32 Å². The van der Waals surface area contributed by atoms with Gasteiger partial charge in [0, 0.05) is 10.9 Å². The number of nitrogens with zero attached hydrogens (tertiary/aromatic N) is 1. The van der Waals surface area contributed by atoms with Crippen molar-refractivity contribution in [1.29, 1.82) is 0 Å². The van der Waals surface area contributed by atoms with Crippen molar-refractivity contribution < 1.29 is 19.2 Å². The molecule has 0 aliphatic carbocycles. The molecule has 25 heavy (non-hydrogen) atoms. The number of hydrogen-bond acceptors (Lipinski definition) is 6. The lowest BCUT2D eigenvalue weighted by molar-refractivity contribution is -0.384. The van der Waals surface area contributed by atoms with E-state index in [2.05, 4.69) is 5.32 Å². The Morgan fingerprint density at radius 1 is 1.28 bits per heavy atom. The van der Waals surface area contributed by atoms with Gasteiger partial charge in [0.25, 0.3) is 11.6 Å². The molecule has 2 aromatic rings. The largest absolute Gasteiger partial charge is 0.451 e. The van der Waals surface area contributed by atoms with Gasteiger partial charge in [-0.3, -0.25) is 14.9 Å². The number of anilines is 1. The Kier molecular flexibility index (Phi) is 5.87. The SMILES string of the molecule is CCc1sc(C(=O)OCC(=O)Nc2c(C)cccc2[N+](=O)[O-])cc1C. The number of ether oxygens (including phenoxy) is 1. The summed E-state index contributed by atoms with van der Waals surface area (Å²) >= 11 is 1.34. The standard InChI is InChI=1S/C17H18N2O5S/c1-4-13-11(3)8-14(25-13)17(21)24-9-15(20)18-16-10(2)6-5-7-12(16)19(22)23/h5-8H,4,9H2,1-3H3,(H,18,20). The van der Waals surface area contributed by atoms with Gasteiger partial charge in [-0.15, -0.1) is 11.3 Å². The number of carbonyl (C=O) groups excluding carboxylic acids is 2. The van der Waals surface area contributed by atoms with Gasteiger partial charge < -0.3 is 10.1 Å². The second-order valence-corrected chi connectivity index (χ2v) is 6.56. The van der Waals surface area contributed by atoms with Crippen LogP contribution >= 0.6 is 11.3 Å². The molecule has 0 saturated carbocycles. The van der Waals surface area contributed by atoms with Gasteiger partial charge in [0.15, 0.2) is 6.61 Å². The Labute approximate surface area is 148 Å². The number of thiophene rings is 1. The lowest BCUT2D eigenvalue weighted by atomic mass is 10.1. The Morgan fingerprint density at radius 3 is 2.60 bits per heavy atom. The molecule has 1 aromatic carbocycles. The van der Waals surface area contributed by atoms with Gasteiger partial charge in [-0.05, 0) is 37.5 Å². The lowest BCUT2D eigenvalue weighted by Crippen LogP contribution is -2.21. The number of amides is 1. The van der Waals surface area contributed by atoms with Crippen molar-refractivity contribution in [1.82, 2.24) is 0 Å². The molecule has 0 fully saturated rings. The molecule has 0 unspecified atom stereocenters. The Morgan fingerprint density at radius 2 is 2.00 bits per heavy atom. The van der Waals surface area contributed by atoms with E-state index in [1.54, 1.807) is 19.1 Å². The molecule has 0 radical (unpaired) electrons. The molecule has 1 heterocycles. The highest BCUT2D eigenvalue weighted by molar-refractivity contribution is 7.14. The Balaban J connectivity index is 2.01. The summed E-state index contributed by atoms with van der Waals surface area (Å²) in [6.45, 7) is 5.05. The van der Waals surface area contributed by atoms with E-state index in [1.807, 2.05) is 13.8 Å². The highest BCUT2D eigenvalue weighted by Gasteiger charge is 2.19. The van der Waals surface area contributed by atoms with Crippen LogP contribution in [0.25, 0.3) is 0 Å². The second kappa shape index (κ2) is 7.89. The predicted molar refractivity (Wildman–Crippen MR) is 95.2 cm³/mol. The number of rotatable bonds is 6. The van der Waals surface area contributed by atoms with Crippen molar-refractivity contribution in [3.05, 3.63) is 55.3 Å². The fourth-order valence-electron chi connectivity index (χ4n) is 2.32. The summed E-state index contributed by atoms with van der Waals surface area (Å²) in [5.74, 6) is -1.21. The molecule has 8 heteroatoms. The number of aryl methyl sites for hydroxylation is 3. The van der Waals surface area contributed by atoms with Crippen LogP contribution in [0.5, 0.6) is 0 Å². The third-order valence-electron chi connectivity index (χ3n) is 3.59. The van der Waals surface area contributed by atoms with E-state index in [0.29, 0.717) is 10.4 Å². The van der Waals surface area contributed by atoms with Crippen molar-refractivity contribution in [3.8, 4) is 0 Å². The zero-order valence-corrected chi connectivity index (χ0v) is 14.9. The molecular formula is C17H18N2O5S. The lowest BCUT2D eigenvalue weighted by Gasteiger charge is -2.09. The molecular weight excluding hydrogens is 344 g/mol. The van der Waals surface area contributed by atoms with Crippen molar-refractivity contribution >= 4 is 34.6 Å². The predicted octanol–water partition coefficient (Wildman–Crippen LogP) is 3.63. The van der Waals surface area contributed by atoms with Gasteiger partial charge in [-0.25, -0.2) is 4.79 Å². The van der Waals surface area contributed by atoms with E-state index < -0.39 is 23.4 Å². The minimum absolute atomic E-state index is 0.105. The molecule has 1 aromatic heterocycles. The maximum absolute atomic E-state index is 12.0. The fraction of sp³-hybridized carbons (Fsp3) is 0.294. The monoisotopic (exact) mass is 362 g/mol. The number of esters is 1. The zero-order chi connectivity index (χ0) is 18.6. The molecule has 0 aliphatic heterocycles. The number of para-hydroxylation sites is 1. The van der Waals surface area contributed by atoms with E-state index in [0.717, 1.165) is 16.9 Å². The van der Waals surface area contributed by atoms with Crippen LogP contribution in [0.2, 0.25) is 0 Å². The molecule has 0 bridgehead atoms. The first-order valence-corrected chi connectivity index (χ1v) is 8.45. The Hall–Kier alpha value is -2.74. The summed E-state index contributed by atoms with van der Waals surface area (Å²) < 4.78 is 5.00. The maximum Gasteiger partial charge on any atom is 0.348 e. The fourth-order valence-corrected chi connectivity index (χ4v) is 3.32. The van der Waals surface area contributed by atoms with Crippen LogP contribution in [-0.4, -0.2) is 23.4 Å². The summed E-state index contributed by atoms with van der Waals surface area (Å²) in [5, 5.41) is 13.5. The van der Waals surface area contributed by atoms with Gasteiger partial charge in [-0.2, -0.15) is 0 Å². The first-order valence-electron chi connectivity index (χ1n) is 7.63. The topological polar surface area (TPSA) is 98.5 Å². The molecule has 1 N–H and O–H groups in total. The van der Waals surface area contributed by atoms with E-state index in [1.165, 1.54) is 23.5 Å². The summed E-state index contributed by atoms with van der Waals surface area (Å²) in [7, 11) is 0. The number of nitrogens with one attached hydrogen (secondary N) is 1. The number of hydrogen-bond donors (Lipinski definition) is 1. The van der Waals surface area contributed by atoms with Crippen LogP contribution in [-0.2, 0) is 16.0 Å². The average molecular weight is 362 g/mol. The van der Waals surface area contributed by atoms with Gasteiger partial charge >= 0.3 is 5.97 Å². The smallest absolute Gasteiger partial charge is 0.348 e. The first kappa shape index (κ1) is 18.6. The van der Waals surface area contributed by atoms with E-state index in [9.17, 15) is 19.7 Å².